The van der Waals surface area contributed by atoms with E-state index in [0.29, 0.717) is 10.0 Å². The summed E-state index contributed by atoms with van der Waals surface area (Å²) >= 11 is 12.5. The number of hydrogen-bond acceptors (Lipinski definition) is 1. The molecule has 1 aromatic carbocycles. The average molecular weight is 429 g/mol. The van der Waals surface area contributed by atoms with Gasteiger partial charge in [-0.3, -0.25) is 0 Å². The molecule has 0 heterocycles. The van der Waals surface area contributed by atoms with Crippen LogP contribution in [0, 0.1) is 5.41 Å². The minimum Gasteiger partial charge on any atom is -0.323 e. The van der Waals surface area contributed by atoms with Gasteiger partial charge < -0.3 is 5.73 Å². The van der Waals surface area contributed by atoms with E-state index >= 15 is 0 Å². The van der Waals surface area contributed by atoms with Gasteiger partial charge in [0.25, 0.3) is 0 Å². The fourth-order valence-corrected chi connectivity index (χ4v) is 4.36. The lowest BCUT2D eigenvalue weighted by Crippen LogP contribution is -2.29. The van der Waals surface area contributed by atoms with E-state index in [2.05, 4.69) is 20.8 Å². The zero-order chi connectivity index (χ0) is 20.8. The standard InChI is InChI=1S/C25H43Cl2N/c1-4-5-6-7-8-9-10-11-12-13-14-15-16-20-25(2,3)24(28)21-18-17-19-22(26)23(21)27/h17-19,24H,4-16,20,28H2,1-3H3. The number of rotatable bonds is 16. The maximum absolute atomic E-state index is 6.55. The molecule has 162 valence electrons. The number of hydrogen-bond donors (Lipinski definition) is 1. The Labute approximate surface area is 184 Å². The van der Waals surface area contributed by atoms with Crippen molar-refractivity contribution in [3.63, 3.8) is 0 Å². The molecular weight excluding hydrogens is 385 g/mol. The Balaban J connectivity index is 2.11. The Bertz CT molecular complexity index is 527. The first kappa shape index (κ1) is 25.8. The van der Waals surface area contributed by atoms with Crippen molar-refractivity contribution >= 4 is 23.2 Å². The summed E-state index contributed by atoms with van der Waals surface area (Å²) in [5.41, 5.74) is 7.53. The van der Waals surface area contributed by atoms with Crippen LogP contribution in [0.25, 0.3) is 0 Å². The molecule has 0 aliphatic heterocycles. The fourth-order valence-electron chi connectivity index (χ4n) is 3.94. The van der Waals surface area contributed by atoms with E-state index in [1.165, 1.54) is 83.5 Å². The molecular formula is C25H43Cl2N. The summed E-state index contributed by atoms with van der Waals surface area (Å²) in [7, 11) is 0. The number of halogens is 2. The van der Waals surface area contributed by atoms with Crippen molar-refractivity contribution in [3.8, 4) is 0 Å². The second kappa shape index (κ2) is 14.7. The van der Waals surface area contributed by atoms with Crippen molar-refractivity contribution in [2.24, 2.45) is 11.1 Å². The lowest BCUT2D eigenvalue weighted by Gasteiger charge is -2.32. The van der Waals surface area contributed by atoms with Crippen molar-refractivity contribution < 1.29 is 0 Å². The predicted octanol–water partition coefficient (Wildman–Crippen LogP) is 9.50. The maximum Gasteiger partial charge on any atom is 0.0640 e. The molecule has 0 aliphatic rings. The molecule has 1 nitrogen and oxygen atoms in total. The van der Waals surface area contributed by atoms with Gasteiger partial charge in [-0.05, 0) is 23.5 Å². The molecule has 0 amide bonds. The molecule has 0 aliphatic carbocycles. The third-order valence-corrected chi connectivity index (χ3v) is 6.92. The largest absolute Gasteiger partial charge is 0.323 e. The van der Waals surface area contributed by atoms with Crippen LogP contribution in [0.4, 0.5) is 0 Å². The molecule has 0 spiro atoms. The topological polar surface area (TPSA) is 26.0 Å². The quantitative estimate of drug-likeness (QED) is 0.261. The maximum atomic E-state index is 6.55. The van der Waals surface area contributed by atoms with Crippen LogP contribution in [-0.2, 0) is 0 Å². The molecule has 1 rings (SSSR count). The van der Waals surface area contributed by atoms with Gasteiger partial charge in [0, 0.05) is 6.04 Å². The van der Waals surface area contributed by atoms with Crippen molar-refractivity contribution in [3.05, 3.63) is 33.8 Å². The highest BCUT2D eigenvalue weighted by Gasteiger charge is 2.29. The molecule has 0 bridgehead atoms. The highest BCUT2D eigenvalue weighted by atomic mass is 35.5. The van der Waals surface area contributed by atoms with E-state index in [9.17, 15) is 0 Å². The van der Waals surface area contributed by atoms with Crippen LogP contribution in [0.2, 0.25) is 10.0 Å². The van der Waals surface area contributed by atoms with Gasteiger partial charge in [-0.25, -0.2) is 0 Å². The van der Waals surface area contributed by atoms with Crippen LogP contribution in [0.3, 0.4) is 0 Å². The van der Waals surface area contributed by atoms with Crippen molar-refractivity contribution in [2.75, 3.05) is 0 Å². The lowest BCUT2D eigenvalue weighted by atomic mass is 9.77. The second-order valence-electron chi connectivity index (χ2n) is 9.10. The van der Waals surface area contributed by atoms with Gasteiger partial charge in [0.15, 0.2) is 0 Å². The summed E-state index contributed by atoms with van der Waals surface area (Å²) in [5, 5.41) is 1.20. The Morgan fingerprint density at radius 1 is 0.786 bits per heavy atom. The zero-order valence-electron chi connectivity index (χ0n) is 18.5. The van der Waals surface area contributed by atoms with Crippen LogP contribution in [0.15, 0.2) is 18.2 Å². The van der Waals surface area contributed by atoms with Crippen molar-refractivity contribution in [2.45, 2.75) is 117 Å². The van der Waals surface area contributed by atoms with Gasteiger partial charge in [-0.2, -0.15) is 0 Å². The zero-order valence-corrected chi connectivity index (χ0v) is 20.1. The van der Waals surface area contributed by atoms with Gasteiger partial charge in [0.05, 0.1) is 10.0 Å². The second-order valence-corrected chi connectivity index (χ2v) is 9.89. The lowest BCUT2D eigenvalue weighted by molar-refractivity contribution is 0.255. The molecule has 0 fully saturated rings. The molecule has 0 radical (unpaired) electrons. The van der Waals surface area contributed by atoms with Gasteiger partial charge in [-0.1, -0.05) is 140 Å². The van der Waals surface area contributed by atoms with Crippen LogP contribution in [-0.4, -0.2) is 0 Å². The van der Waals surface area contributed by atoms with Gasteiger partial charge >= 0.3 is 0 Å². The highest BCUT2D eigenvalue weighted by molar-refractivity contribution is 6.42. The number of benzene rings is 1. The molecule has 1 aromatic rings. The van der Waals surface area contributed by atoms with Crippen LogP contribution in [0.1, 0.15) is 122 Å². The summed E-state index contributed by atoms with van der Waals surface area (Å²) in [5.74, 6) is 0. The predicted molar refractivity (Wildman–Crippen MR) is 127 cm³/mol. The van der Waals surface area contributed by atoms with Crippen LogP contribution < -0.4 is 5.73 Å². The Morgan fingerprint density at radius 3 is 1.75 bits per heavy atom. The normalized spacial score (nSPS) is 13.1. The highest BCUT2D eigenvalue weighted by Crippen LogP contribution is 2.40. The summed E-state index contributed by atoms with van der Waals surface area (Å²) in [4.78, 5) is 0. The monoisotopic (exact) mass is 427 g/mol. The number of nitrogens with two attached hydrogens (primary N) is 1. The third kappa shape index (κ3) is 9.99. The Hall–Kier alpha value is -0.240. The first-order valence-electron chi connectivity index (χ1n) is 11.6. The van der Waals surface area contributed by atoms with E-state index in [1.807, 2.05) is 18.2 Å². The van der Waals surface area contributed by atoms with Gasteiger partial charge in [0.2, 0.25) is 0 Å². The number of unbranched alkanes of at least 4 members (excludes halogenated alkanes) is 12. The molecule has 0 aromatic heterocycles. The van der Waals surface area contributed by atoms with E-state index in [4.69, 9.17) is 28.9 Å². The van der Waals surface area contributed by atoms with Crippen molar-refractivity contribution in [1.29, 1.82) is 0 Å². The van der Waals surface area contributed by atoms with E-state index < -0.39 is 0 Å². The average Bonchev–Trinajstić information content (AvgIpc) is 2.67. The molecule has 0 saturated carbocycles. The fraction of sp³-hybridized carbons (Fsp3) is 0.760. The van der Waals surface area contributed by atoms with E-state index in [0.717, 1.165) is 12.0 Å². The van der Waals surface area contributed by atoms with Crippen molar-refractivity contribution in [1.82, 2.24) is 0 Å². The minimum atomic E-state index is -0.0870. The minimum absolute atomic E-state index is 0.0199. The first-order valence-corrected chi connectivity index (χ1v) is 12.3. The molecule has 3 heteroatoms. The Morgan fingerprint density at radius 2 is 1.25 bits per heavy atom. The molecule has 2 N–H and O–H groups in total. The Kier molecular flexibility index (Phi) is 13.5. The smallest absolute Gasteiger partial charge is 0.0640 e. The van der Waals surface area contributed by atoms with E-state index in [1.54, 1.807) is 0 Å². The molecule has 1 atom stereocenters. The summed E-state index contributed by atoms with van der Waals surface area (Å²) in [6.07, 6.45) is 19.1. The summed E-state index contributed by atoms with van der Waals surface area (Å²) in [6.45, 7) is 6.77. The third-order valence-electron chi connectivity index (χ3n) is 6.08. The summed E-state index contributed by atoms with van der Waals surface area (Å²) < 4.78 is 0. The van der Waals surface area contributed by atoms with E-state index in [-0.39, 0.29) is 11.5 Å². The molecule has 28 heavy (non-hydrogen) atoms. The molecule has 1 unspecified atom stereocenters. The van der Waals surface area contributed by atoms with Gasteiger partial charge in [-0.15, -0.1) is 0 Å². The molecule has 0 saturated heterocycles. The van der Waals surface area contributed by atoms with Gasteiger partial charge in [0.1, 0.15) is 0 Å². The van der Waals surface area contributed by atoms with Crippen LogP contribution in [0.5, 0.6) is 0 Å². The summed E-state index contributed by atoms with van der Waals surface area (Å²) in [6, 6.07) is 5.67. The first-order chi connectivity index (χ1) is 13.4. The SMILES string of the molecule is CCCCCCCCCCCCCCCC(C)(C)C(N)c1cccc(Cl)c1Cl. The van der Waals surface area contributed by atoms with Crippen LogP contribution >= 0.6 is 23.2 Å².